The number of anilines is 1. The van der Waals surface area contributed by atoms with Gasteiger partial charge in [0.05, 0.1) is 5.69 Å². The fraction of sp³-hybridized carbons (Fsp3) is 0.455. The van der Waals surface area contributed by atoms with Crippen LogP contribution in [-0.4, -0.2) is 25.0 Å². The van der Waals surface area contributed by atoms with Crippen molar-refractivity contribution < 1.29 is 9.53 Å². The molecule has 0 aliphatic carbocycles. The average molecular weight is 208 g/mol. The molecule has 0 aromatic carbocycles. The minimum atomic E-state index is -0.286. The lowest BCUT2D eigenvalue weighted by molar-refractivity contribution is -0.142. The van der Waals surface area contributed by atoms with Crippen LogP contribution in [0.4, 0.5) is 5.69 Å². The molecule has 0 unspecified atom stereocenters. The summed E-state index contributed by atoms with van der Waals surface area (Å²) in [6, 6.07) is 1.94. The molecule has 0 aliphatic heterocycles. The maximum atomic E-state index is 10.7. The van der Waals surface area contributed by atoms with Crippen LogP contribution in [0.15, 0.2) is 12.3 Å². The zero-order valence-corrected chi connectivity index (χ0v) is 9.57. The molecule has 4 nitrogen and oxygen atoms in total. The highest BCUT2D eigenvalue weighted by atomic mass is 16.5. The van der Waals surface area contributed by atoms with Gasteiger partial charge in [-0.1, -0.05) is 0 Å². The topological polar surface area (TPSA) is 42.4 Å². The van der Waals surface area contributed by atoms with E-state index in [9.17, 15) is 4.79 Å². The van der Waals surface area contributed by atoms with E-state index in [1.807, 2.05) is 32.0 Å². The lowest BCUT2D eigenvalue weighted by Crippen LogP contribution is -2.12. The standard InChI is InChI=1S/C11H16N2O2/c1-8-10(7-15-9(2)14)12-6-5-11(8)13(3)4/h5-6H,7H2,1-4H3. The zero-order chi connectivity index (χ0) is 11.4. The van der Waals surface area contributed by atoms with Crippen LogP contribution in [-0.2, 0) is 16.1 Å². The van der Waals surface area contributed by atoms with Crippen LogP contribution < -0.4 is 4.90 Å². The number of rotatable bonds is 3. The summed E-state index contributed by atoms with van der Waals surface area (Å²) in [7, 11) is 3.94. The second kappa shape index (κ2) is 4.77. The highest BCUT2D eigenvalue weighted by Gasteiger charge is 2.07. The van der Waals surface area contributed by atoms with Gasteiger partial charge in [-0.25, -0.2) is 0 Å². The summed E-state index contributed by atoms with van der Waals surface area (Å²) in [4.78, 5) is 16.9. The van der Waals surface area contributed by atoms with Gasteiger partial charge in [-0.05, 0) is 18.6 Å². The van der Waals surface area contributed by atoms with E-state index in [1.165, 1.54) is 6.92 Å². The Morgan fingerprint density at radius 2 is 2.20 bits per heavy atom. The van der Waals surface area contributed by atoms with Crippen LogP contribution >= 0.6 is 0 Å². The number of ether oxygens (including phenoxy) is 1. The molecular weight excluding hydrogens is 192 g/mol. The third kappa shape index (κ3) is 2.94. The van der Waals surface area contributed by atoms with Crippen molar-refractivity contribution in [3.63, 3.8) is 0 Å². The first-order valence-electron chi connectivity index (χ1n) is 4.77. The van der Waals surface area contributed by atoms with Gasteiger partial charge in [0.1, 0.15) is 6.61 Å². The first-order valence-corrected chi connectivity index (χ1v) is 4.77. The lowest BCUT2D eigenvalue weighted by Gasteiger charge is -2.17. The number of hydrogen-bond donors (Lipinski definition) is 0. The van der Waals surface area contributed by atoms with Gasteiger partial charge in [0.2, 0.25) is 0 Å². The molecule has 0 N–H and O–H groups in total. The Kier molecular flexibility index (Phi) is 3.66. The van der Waals surface area contributed by atoms with Crippen LogP contribution in [0.3, 0.4) is 0 Å². The van der Waals surface area contributed by atoms with Gasteiger partial charge in [0, 0.05) is 32.9 Å². The smallest absolute Gasteiger partial charge is 0.303 e. The van der Waals surface area contributed by atoms with E-state index >= 15 is 0 Å². The first kappa shape index (κ1) is 11.5. The molecule has 0 saturated heterocycles. The van der Waals surface area contributed by atoms with E-state index in [1.54, 1.807) is 6.20 Å². The number of carbonyl (C=O) groups is 1. The molecule has 0 amide bonds. The van der Waals surface area contributed by atoms with Crippen LogP contribution in [0, 0.1) is 6.92 Å². The number of esters is 1. The quantitative estimate of drug-likeness (QED) is 0.706. The van der Waals surface area contributed by atoms with E-state index in [4.69, 9.17) is 4.74 Å². The zero-order valence-electron chi connectivity index (χ0n) is 9.57. The fourth-order valence-electron chi connectivity index (χ4n) is 1.37. The molecular formula is C11H16N2O2. The summed E-state index contributed by atoms with van der Waals surface area (Å²) in [5.41, 5.74) is 2.94. The van der Waals surface area contributed by atoms with Crippen molar-refractivity contribution in [1.29, 1.82) is 0 Å². The van der Waals surface area contributed by atoms with E-state index in [-0.39, 0.29) is 12.6 Å². The van der Waals surface area contributed by atoms with Crippen LogP contribution in [0.1, 0.15) is 18.2 Å². The summed E-state index contributed by atoms with van der Waals surface area (Å²) >= 11 is 0. The van der Waals surface area contributed by atoms with E-state index in [0.717, 1.165) is 16.9 Å². The molecule has 15 heavy (non-hydrogen) atoms. The Morgan fingerprint density at radius 3 is 2.73 bits per heavy atom. The molecule has 0 aliphatic rings. The highest BCUT2D eigenvalue weighted by molar-refractivity contribution is 5.66. The van der Waals surface area contributed by atoms with Crippen molar-refractivity contribution in [2.45, 2.75) is 20.5 Å². The molecule has 0 bridgehead atoms. The fourth-order valence-corrected chi connectivity index (χ4v) is 1.37. The summed E-state index contributed by atoms with van der Waals surface area (Å²) in [5, 5.41) is 0. The largest absolute Gasteiger partial charge is 0.459 e. The molecule has 1 heterocycles. The van der Waals surface area contributed by atoms with Crippen LogP contribution in [0.2, 0.25) is 0 Å². The molecule has 0 saturated carbocycles. The lowest BCUT2D eigenvalue weighted by atomic mass is 10.2. The van der Waals surface area contributed by atoms with Gasteiger partial charge in [-0.3, -0.25) is 9.78 Å². The van der Waals surface area contributed by atoms with Crippen molar-refractivity contribution in [2.24, 2.45) is 0 Å². The molecule has 1 rings (SSSR count). The first-order chi connectivity index (χ1) is 7.02. The van der Waals surface area contributed by atoms with Crippen molar-refractivity contribution >= 4 is 11.7 Å². The highest BCUT2D eigenvalue weighted by Crippen LogP contribution is 2.19. The van der Waals surface area contributed by atoms with Crippen LogP contribution in [0.25, 0.3) is 0 Å². The summed E-state index contributed by atoms with van der Waals surface area (Å²) < 4.78 is 4.92. The maximum absolute atomic E-state index is 10.7. The SMILES string of the molecule is CC(=O)OCc1nccc(N(C)C)c1C. The molecule has 82 valence electrons. The van der Waals surface area contributed by atoms with Crippen molar-refractivity contribution in [2.75, 3.05) is 19.0 Å². The van der Waals surface area contributed by atoms with E-state index < -0.39 is 0 Å². The molecule has 0 spiro atoms. The second-order valence-electron chi connectivity index (χ2n) is 3.58. The molecule has 1 aromatic rings. The van der Waals surface area contributed by atoms with Gasteiger partial charge >= 0.3 is 5.97 Å². The van der Waals surface area contributed by atoms with Gasteiger partial charge in [-0.15, -0.1) is 0 Å². The molecule has 1 aromatic heterocycles. The van der Waals surface area contributed by atoms with Crippen molar-refractivity contribution in [3.05, 3.63) is 23.5 Å². The predicted molar refractivity (Wildman–Crippen MR) is 58.8 cm³/mol. The monoisotopic (exact) mass is 208 g/mol. The van der Waals surface area contributed by atoms with Crippen molar-refractivity contribution in [1.82, 2.24) is 4.98 Å². The summed E-state index contributed by atoms with van der Waals surface area (Å²) in [5.74, 6) is -0.286. The Morgan fingerprint density at radius 1 is 1.53 bits per heavy atom. The predicted octanol–water partition coefficient (Wildman–Crippen LogP) is 1.52. The number of nitrogens with zero attached hydrogens (tertiary/aromatic N) is 2. The van der Waals surface area contributed by atoms with Gasteiger partial charge in [0.15, 0.2) is 0 Å². The number of carbonyl (C=O) groups excluding carboxylic acids is 1. The van der Waals surface area contributed by atoms with E-state index in [2.05, 4.69) is 4.98 Å². The van der Waals surface area contributed by atoms with Gasteiger partial charge in [0.25, 0.3) is 0 Å². The number of hydrogen-bond acceptors (Lipinski definition) is 4. The Bertz CT molecular complexity index is 362. The third-order valence-electron chi connectivity index (χ3n) is 2.17. The normalized spacial score (nSPS) is 9.87. The van der Waals surface area contributed by atoms with Crippen LogP contribution in [0.5, 0.6) is 0 Å². The average Bonchev–Trinajstić information content (AvgIpc) is 2.15. The van der Waals surface area contributed by atoms with Gasteiger partial charge in [-0.2, -0.15) is 0 Å². The minimum Gasteiger partial charge on any atom is -0.459 e. The molecule has 0 atom stereocenters. The Hall–Kier alpha value is -1.58. The summed E-state index contributed by atoms with van der Waals surface area (Å²) in [6.45, 7) is 3.61. The van der Waals surface area contributed by atoms with Crippen molar-refractivity contribution in [3.8, 4) is 0 Å². The number of pyridine rings is 1. The Balaban J connectivity index is 2.89. The third-order valence-corrected chi connectivity index (χ3v) is 2.17. The molecule has 0 radical (unpaired) electrons. The maximum Gasteiger partial charge on any atom is 0.303 e. The number of aromatic nitrogens is 1. The Labute approximate surface area is 89.9 Å². The molecule has 4 heteroatoms. The van der Waals surface area contributed by atoms with E-state index in [0.29, 0.717) is 0 Å². The minimum absolute atomic E-state index is 0.239. The summed E-state index contributed by atoms with van der Waals surface area (Å²) in [6.07, 6.45) is 1.72. The second-order valence-corrected chi connectivity index (χ2v) is 3.58. The molecule has 0 fully saturated rings. The van der Waals surface area contributed by atoms with Gasteiger partial charge < -0.3 is 9.64 Å².